The highest BCUT2D eigenvalue weighted by Crippen LogP contribution is 2.33. The van der Waals surface area contributed by atoms with Gasteiger partial charge in [0.05, 0.1) is 36.7 Å². The van der Waals surface area contributed by atoms with Gasteiger partial charge in [0, 0.05) is 0 Å². The molecule has 1 aromatic carbocycles. The quantitative estimate of drug-likeness (QED) is 0.906. The van der Waals surface area contributed by atoms with Crippen molar-refractivity contribution in [2.75, 3.05) is 6.54 Å². The number of halogens is 1. The van der Waals surface area contributed by atoms with Crippen molar-refractivity contribution in [1.29, 1.82) is 0 Å². The molecule has 1 aromatic heterocycles. The first-order chi connectivity index (χ1) is 11.6. The summed E-state index contributed by atoms with van der Waals surface area (Å²) in [5.41, 5.74) is 1.52. The minimum absolute atomic E-state index is 0.205. The van der Waals surface area contributed by atoms with Crippen LogP contribution in [0, 0.1) is 5.82 Å². The van der Waals surface area contributed by atoms with Crippen molar-refractivity contribution < 1.29 is 18.4 Å². The maximum atomic E-state index is 13.5. The Morgan fingerprint density at radius 3 is 2.88 bits per heavy atom. The van der Waals surface area contributed by atoms with Crippen molar-refractivity contribution in [3.63, 3.8) is 0 Å². The molecule has 3 heterocycles. The van der Waals surface area contributed by atoms with Gasteiger partial charge < -0.3 is 20.0 Å². The SMILES string of the molecule is O=C1NC2=C(C(=O)N(Cc3ccco3)C2)C(c2cccc(F)c2)N1. The summed E-state index contributed by atoms with van der Waals surface area (Å²) < 4.78 is 18.8. The molecular formula is C17H14FN3O3. The number of hydrogen-bond acceptors (Lipinski definition) is 3. The lowest BCUT2D eigenvalue weighted by Crippen LogP contribution is -2.44. The molecule has 0 spiro atoms. The van der Waals surface area contributed by atoms with Crippen LogP contribution in [0.4, 0.5) is 9.18 Å². The zero-order valence-corrected chi connectivity index (χ0v) is 12.6. The molecule has 0 saturated heterocycles. The van der Waals surface area contributed by atoms with Crippen LogP contribution in [0.25, 0.3) is 0 Å². The third kappa shape index (κ3) is 2.44. The van der Waals surface area contributed by atoms with Gasteiger partial charge >= 0.3 is 6.03 Å². The molecule has 2 aromatic rings. The van der Waals surface area contributed by atoms with Crippen LogP contribution in [0.5, 0.6) is 0 Å². The van der Waals surface area contributed by atoms with Crippen molar-refractivity contribution in [2.45, 2.75) is 12.6 Å². The van der Waals surface area contributed by atoms with E-state index in [4.69, 9.17) is 4.42 Å². The lowest BCUT2D eigenvalue weighted by Gasteiger charge is -2.25. The number of carbonyl (C=O) groups is 2. The molecule has 1 unspecified atom stereocenters. The number of hydrogen-bond donors (Lipinski definition) is 2. The van der Waals surface area contributed by atoms with E-state index in [9.17, 15) is 14.0 Å². The molecule has 0 bridgehead atoms. The van der Waals surface area contributed by atoms with Crippen LogP contribution < -0.4 is 10.6 Å². The first kappa shape index (κ1) is 14.5. The van der Waals surface area contributed by atoms with Crippen LogP contribution in [-0.2, 0) is 11.3 Å². The maximum Gasteiger partial charge on any atom is 0.319 e. The lowest BCUT2D eigenvalue weighted by atomic mass is 9.96. The molecule has 0 saturated carbocycles. The second-order valence-corrected chi connectivity index (χ2v) is 5.72. The van der Waals surface area contributed by atoms with Crippen LogP contribution in [0.2, 0.25) is 0 Å². The Hall–Kier alpha value is -3.09. The Balaban J connectivity index is 1.66. The Labute approximate surface area is 136 Å². The van der Waals surface area contributed by atoms with Gasteiger partial charge in [0.15, 0.2) is 0 Å². The average molecular weight is 327 g/mol. The van der Waals surface area contributed by atoms with E-state index in [2.05, 4.69) is 10.6 Å². The summed E-state index contributed by atoms with van der Waals surface area (Å²) >= 11 is 0. The number of carbonyl (C=O) groups excluding carboxylic acids is 2. The smallest absolute Gasteiger partial charge is 0.319 e. The highest BCUT2D eigenvalue weighted by molar-refractivity contribution is 6.01. The van der Waals surface area contributed by atoms with Gasteiger partial charge in [-0.05, 0) is 29.8 Å². The summed E-state index contributed by atoms with van der Waals surface area (Å²) in [4.78, 5) is 26.3. The van der Waals surface area contributed by atoms with Crippen LogP contribution in [0.15, 0.2) is 58.3 Å². The molecule has 1 atom stereocenters. The van der Waals surface area contributed by atoms with Gasteiger partial charge in [-0.2, -0.15) is 0 Å². The van der Waals surface area contributed by atoms with Gasteiger partial charge in [-0.1, -0.05) is 12.1 Å². The molecule has 3 amide bonds. The fourth-order valence-corrected chi connectivity index (χ4v) is 3.08. The maximum absolute atomic E-state index is 13.5. The summed E-state index contributed by atoms with van der Waals surface area (Å²) in [6, 6.07) is 8.35. The van der Waals surface area contributed by atoms with E-state index >= 15 is 0 Å². The van der Waals surface area contributed by atoms with Crippen LogP contribution >= 0.6 is 0 Å². The second-order valence-electron chi connectivity index (χ2n) is 5.72. The van der Waals surface area contributed by atoms with Crippen molar-refractivity contribution in [3.8, 4) is 0 Å². The molecule has 6 nitrogen and oxygen atoms in total. The zero-order valence-electron chi connectivity index (χ0n) is 12.6. The van der Waals surface area contributed by atoms with E-state index in [1.165, 1.54) is 12.1 Å². The molecule has 122 valence electrons. The second kappa shape index (κ2) is 5.52. The highest BCUT2D eigenvalue weighted by Gasteiger charge is 2.40. The molecule has 2 N–H and O–H groups in total. The topological polar surface area (TPSA) is 74.6 Å². The van der Waals surface area contributed by atoms with Gasteiger partial charge in [0.1, 0.15) is 11.6 Å². The molecule has 2 aliphatic heterocycles. The van der Waals surface area contributed by atoms with Crippen molar-refractivity contribution in [3.05, 3.63) is 71.1 Å². The average Bonchev–Trinajstić information content (AvgIpc) is 3.16. The molecule has 0 radical (unpaired) electrons. The predicted octanol–water partition coefficient (Wildman–Crippen LogP) is 2.07. The van der Waals surface area contributed by atoms with E-state index in [1.54, 1.807) is 35.4 Å². The van der Waals surface area contributed by atoms with Gasteiger partial charge in [-0.25, -0.2) is 9.18 Å². The third-order valence-electron chi connectivity index (χ3n) is 4.13. The molecule has 24 heavy (non-hydrogen) atoms. The number of nitrogens with one attached hydrogen (secondary N) is 2. The molecule has 2 aliphatic rings. The number of urea groups is 1. The van der Waals surface area contributed by atoms with Crippen molar-refractivity contribution >= 4 is 11.9 Å². The van der Waals surface area contributed by atoms with Crippen LogP contribution in [0.1, 0.15) is 17.4 Å². The summed E-state index contributed by atoms with van der Waals surface area (Å²) in [6.45, 7) is 0.596. The first-order valence-electron chi connectivity index (χ1n) is 7.49. The summed E-state index contributed by atoms with van der Waals surface area (Å²) in [6.07, 6.45) is 1.54. The predicted molar refractivity (Wildman–Crippen MR) is 82.0 cm³/mol. The fraction of sp³-hybridized carbons (Fsp3) is 0.176. The molecule has 0 aliphatic carbocycles. The monoisotopic (exact) mass is 327 g/mol. The van der Waals surface area contributed by atoms with Crippen molar-refractivity contribution in [1.82, 2.24) is 15.5 Å². The van der Waals surface area contributed by atoms with E-state index in [1.807, 2.05) is 0 Å². The Morgan fingerprint density at radius 1 is 1.25 bits per heavy atom. The van der Waals surface area contributed by atoms with Crippen LogP contribution in [0.3, 0.4) is 0 Å². The summed E-state index contributed by atoms with van der Waals surface area (Å²) in [5.74, 6) is 0.0354. The minimum Gasteiger partial charge on any atom is -0.467 e. The van der Waals surface area contributed by atoms with Crippen molar-refractivity contribution in [2.24, 2.45) is 0 Å². The number of furan rings is 1. The standard InChI is InChI=1S/C17H14FN3O3/c18-11-4-1-3-10(7-11)15-14-13(19-17(23)20-15)9-21(16(14)22)8-12-5-2-6-24-12/h1-7,15H,8-9H2,(H2,19,20,23). The Bertz CT molecular complexity index is 845. The minimum atomic E-state index is -0.668. The molecule has 7 heteroatoms. The summed E-state index contributed by atoms with van der Waals surface area (Å²) in [7, 11) is 0. The molecular weight excluding hydrogens is 313 g/mol. The van der Waals surface area contributed by atoms with E-state index in [-0.39, 0.29) is 12.5 Å². The molecule has 4 rings (SSSR count). The van der Waals surface area contributed by atoms with E-state index < -0.39 is 17.9 Å². The van der Waals surface area contributed by atoms with Crippen LogP contribution in [-0.4, -0.2) is 23.4 Å². The van der Waals surface area contributed by atoms with Gasteiger partial charge in [0.25, 0.3) is 5.91 Å². The number of nitrogens with zero attached hydrogens (tertiary/aromatic N) is 1. The lowest BCUT2D eigenvalue weighted by molar-refractivity contribution is -0.126. The number of amides is 3. The Morgan fingerprint density at radius 2 is 2.12 bits per heavy atom. The van der Waals surface area contributed by atoms with E-state index in [0.29, 0.717) is 29.1 Å². The summed E-state index contributed by atoms with van der Waals surface area (Å²) in [5, 5.41) is 5.37. The van der Waals surface area contributed by atoms with Gasteiger partial charge in [-0.3, -0.25) is 4.79 Å². The highest BCUT2D eigenvalue weighted by atomic mass is 19.1. The Kier molecular flexibility index (Phi) is 3.34. The largest absolute Gasteiger partial charge is 0.467 e. The van der Waals surface area contributed by atoms with Gasteiger partial charge in [0.2, 0.25) is 0 Å². The van der Waals surface area contributed by atoms with E-state index in [0.717, 1.165) is 0 Å². The third-order valence-corrected chi connectivity index (χ3v) is 4.13. The zero-order chi connectivity index (χ0) is 16.7. The first-order valence-corrected chi connectivity index (χ1v) is 7.49. The van der Waals surface area contributed by atoms with Gasteiger partial charge in [-0.15, -0.1) is 0 Å². The normalized spacial score (nSPS) is 20.0. The fourth-order valence-electron chi connectivity index (χ4n) is 3.08. The number of rotatable bonds is 3. The molecule has 0 fully saturated rings. The number of benzene rings is 1.